The normalized spacial score (nSPS) is 11.0. The molecule has 0 unspecified atom stereocenters. The molecule has 0 saturated carbocycles. The molecule has 3 aromatic rings. The molecule has 1 N–H and O–H groups in total. The SMILES string of the molecule is CCCCCCCn1c(CCCNC(=O)c2ccccc2)nc2ccccc21. The first-order valence-corrected chi connectivity index (χ1v) is 10.6. The smallest absolute Gasteiger partial charge is 0.251 e. The molecule has 0 atom stereocenters. The summed E-state index contributed by atoms with van der Waals surface area (Å²) in [4.78, 5) is 17.0. The van der Waals surface area contributed by atoms with Crippen LogP contribution >= 0.6 is 0 Å². The number of rotatable bonds is 11. The van der Waals surface area contributed by atoms with Crippen molar-refractivity contribution in [2.75, 3.05) is 6.54 Å². The van der Waals surface area contributed by atoms with Crippen molar-refractivity contribution in [3.05, 3.63) is 66.0 Å². The molecular formula is C24H31N3O. The Kier molecular flexibility index (Phi) is 7.65. The quantitative estimate of drug-likeness (QED) is 0.457. The molecule has 4 nitrogen and oxygen atoms in total. The van der Waals surface area contributed by atoms with E-state index in [4.69, 9.17) is 4.98 Å². The zero-order chi connectivity index (χ0) is 19.6. The summed E-state index contributed by atoms with van der Waals surface area (Å²) in [7, 11) is 0. The minimum atomic E-state index is -0.00923. The summed E-state index contributed by atoms with van der Waals surface area (Å²) in [5.41, 5.74) is 3.00. The van der Waals surface area contributed by atoms with Crippen molar-refractivity contribution < 1.29 is 4.79 Å². The zero-order valence-electron chi connectivity index (χ0n) is 16.9. The lowest BCUT2D eigenvalue weighted by atomic mass is 10.1. The monoisotopic (exact) mass is 377 g/mol. The fourth-order valence-corrected chi connectivity index (χ4v) is 3.58. The number of fused-ring (bicyclic) bond motifs is 1. The highest BCUT2D eigenvalue weighted by Crippen LogP contribution is 2.18. The standard InChI is InChI=1S/C24H31N3O/c1-2-3-4-5-11-19-27-22-16-10-9-15-21(22)26-23(27)17-12-18-25-24(28)20-13-7-6-8-14-20/h6-10,13-16H,2-5,11-12,17-19H2,1H3,(H,25,28). The first-order chi connectivity index (χ1) is 13.8. The lowest BCUT2D eigenvalue weighted by molar-refractivity contribution is 0.0953. The van der Waals surface area contributed by atoms with Crippen molar-refractivity contribution in [2.45, 2.75) is 58.4 Å². The van der Waals surface area contributed by atoms with Gasteiger partial charge < -0.3 is 9.88 Å². The van der Waals surface area contributed by atoms with Crippen LogP contribution in [0.2, 0.25) is 0 Å². The highest BCUT2D eigenvalue weighted by atomic mass is 16.1. The first kappa shape index (κ1) is 20.1. The van der Waals surface area contributed by atoms with Crippen LogP contribution < -0.4 is 5.32 Å². The molecule has 3 rings (SSSR count). The van der Waals surface area contributed by atoms with Crippen molar-refractivity contribution in [1.82, 2.24) is 14.9 Å². The maximum atomic E-state index is 12.2. The van der Waals surface area contributed by atoms with E-state index in [9.17, 15) is 4.79 Å². The fourth-order valence-electron chi connectivity index (χ4n) is 3.58. The Morgan fingerprint density at radius 3 is 2.50 bits per heavy atom. The third-order valence-electron chi connectivity index (χ3n) is 5.12. The zero-order valence-corrected chi connectivity index (χ0v) is 16.9. The molecule has 148 valence electrons. The summed E-state index contributed by atoms with van der Waals surface area (Å²) in [6.07, 6.45) is 8.12. The van der Waals surface area contributed by atoms with Gasteiger partial charge in [-0.1, -0.05) is 62.9 Å². The predicted molar refractivity (Wildman–Crippen MR) is 116 cm³/mol. The van der Waals surface area contributed by atoms with Gasteiger partial charge in [-0.15, -0.1) is 0 Å². The van der Waals surface area contributed by atoms with Gasteiger partial charge in [0.05, 0.1) is 11.0 Å². The molecular weight excluding hydrogens is 346 g/mol. The van der Waals surface area contributed by atoms with Crippen LogP contribution in [0.3, 0.4) is 0 Å². The molecule has 0 bridgehead atoms. The Bertz CT molecular complexity index is 870. The maximum Gasteiger partial charge on any atom is 0.251 e. The van der Waals surface area contributed by atoms with E-state index in [0.29, 0.717) is 12.1 Å². The van der Waals surface area contributed by atoms with Crippen LogP contribution in [0, 0.1) is 0 Å². The molecule has 1 amide bonds. The Morgan fingerprint density at radius 2 is 1.68 bits per heavy atom. The van der Waals surface area contributed by atoms with Gasteiger partial charge >= 0.3 is 0 Å². The molecule has 0 spiro atoms. The van der Waals surface area contributed by atoms with Gasteiger partial charge in [0, 0.05) is 25.1 Å². The number of hydrogen-bond donors (Lipinski definition) is 1. The van der Waals surface area contributed by atoms with Crippen LogP contribution in [0.5, 0.6) is 0 Å². The molecule has 0 aliphatic heterocycles. The second-order valence-corrected chi connectivity index (χ2v) is 7.31. The minimum absolute atomic E-state index is 0.00923. The number of carbonyl (C=O) groups excluding carboxylic acids is 1. The van der Waals surface area contributed by atoms with Gasteiger partial charge in [0.25, 0.3) is 5.91 Å². The van der Waals surface area contributed by atoms with Crippen molar-refractivity contribution in [2.24, 2.45) is 0 Å². The van der Waals surface area contributed by atoms with Gasteiger partial charge in [0.15, 0.2) is 0 Å². The number of benzene rings is 2. The summed E-state index contributed by atoms with van der Waals surface area (Å²) in [6, 6.07) is 17.8. The molecule has 0 radical (unpaired) electrons. The van der Waals surface area contributed by atoms with E-state index in [-0.39, 0.29) is 5.91 Å². The molecule has 1 heterocycles. The minimum Gasteiger partial charge on any atom is -0.352 e. The lowest BCUT2D eigenvalue weighted by Gasteiger charge is -2.10. The summed E-state index contributed by atoms with van der Waals surface area (Å²) in [5.74, 6) is 1.12. The van der Waals surface area contributed by atoms with Gasteiger partial charge in [-0.2, -0.15) is 0 Å². The average molecular weight is 378 g/mol. The number of unbranched alkanes of at least 4 members (excludes halogenated alkanes) is 4. The number of aryl methyl sites for hydroxylation is 2. The summed E-state index contributed by atoms with van der Waals surface area (Å²) in [6.45, 7) is 3.93. The number of nitrogens with zero attached hydrogens (tertiary/aromatic N) is 2. The molecule has 0 fully saturated rings. The Labute approximate surface area is 168 Å². The van der Waals surface area contributed by atoms with E-state index in [1.807, 2.05) is 36.4 Å². The summed E-state index contributed by atoms with van der Waals surface area (Å²) >= 11 is 0. The largest absolute Gasteiger partial charge is 0.352 e. The van der Waals surface area contributed by atoms with Crippen LogP contribution in [0.4, 0.5) is 0 Å². The second kappa shape index (κ2) is 10.6. The van der Waals surface area contributed by atoms with Crippen molar-refractivity contribution in [3.63, 3.8) is 0 Å². The van der Waals surface area contributed by atoms with Crippen LogP contribution in [-0.2, 0) is 13.0 Å². The third-order valence-corrected chi connectivity index (χ3v) is 5.12. The maximum absolute atomic E-state index is 12.2. The highest BCUT2D eigenvalue weighted by molar-refractivity contribution is 5.94. The van der Waals surface area contributed by atoms with Gasteiger partial charge in [-0.05, 0) is 37.1 Å². The van der Waals surface area contributed by atoms with E-state index in [1.165, 1.54) is 37.6 Å². The van der Waals surface area contributed by atoms with E-state index in [0.717, 1.165) is 30.7 Å². The Morgan fingerprint density at radius 1 is 0.929 bits per heavy atom. The topological polar surface area (TPSA) is 46.9 Å². The van der Waals surface area contributed by atoms with Gasteiger partial charge in [0.2, 0.25) is 0 Å². The summed E-state index contributed by atoms with van der Waals surface area (Å²) in [5, 5.41) is 3.01. The fraction of sp³-hybridized carbons (Fsp3) is 0.417. The van der Waals surface area contributed by atoms with Crippen molar-refractivity contribution in [3.8, 4) is 0 Å². The van der Waals surface area contributed by atoms with E-state index in [1.54, 1.807) is 0 Å². The second-order valence-electron chi connectivity index (χ2n) is 7.31. The third kappa shape index (κ3) is 5.44. The molecule has 2 aromatic carbocycles. The molecule has 0 aliphatic carbocycles. The molecule has 0 aliphatic rings. The van der Waals surface area contributed by atoms with E-state index >= 15 is 0 Å². The molecule has 28 heavy (non-hydrogen) atoms. The number of carbonyl (C=O) groups is 1. The number of imidazole rings is 1. The lowest BCUT2D eigenvalue weighted by Crippen LogP contribution is -2.24. The van der Waals surface area contributed by atoms with Gasteiger partial charge in [0.1, 0.15) is 5.82 Å². The molecule has 1 aromatic heterocycles. The van der Waals surface area contributed by atoms with Crippen LogP contribution in [0.15, 0.2) is 54.6 Å². The molecule has 0 saturated heterocycles. The molecule has 4 heteroatoms. The number of para-hydroxylation sites is 2. The van der Waals surface area contributed by atoms with E-state index < -0.39 is 0 Å². The number of hydrogen-bond acceptors (Lipinski definition) is 2. The van der Waals surface area contributed by atoms with Gasteiger partial charge in [-0.25, -0.2) is 4.98 Å². The average Bonchev–Trinajstić information content (AvgIpc) is 3.09. The number of aromatic nitrogens is 2. The van der Waals surface area contributed by atoms with Crippen molar-refractivity contribution >= 4 is 16.9 Å². The van der Waals surface area contributed by atoms with E-state index in [2.05, 4.69) is 35.0 Å². The first-order valence-electron chi connectivity index (χ1n) is 10.6. The van der Waals surface area contributed by atoms with Gasteiger partial charge in [-0.3, -0.25) is 4.79 Å². The van der Waals surface area contributed by atoms with Crippen LogP contribution in [0.25, 0.3) is 11.0 Å². The van der Waals surface area contributed by atoms with Crippen LogP contribution in [0.1, 0.15) is 61.6 Å². The number of nitrogens with one attached hydrogen (secondary N) is 1. The Hall–Kier alpha value is -2.62. The highest BCUT2D eigenvalue weighted by Gasteiger charge is 2.10. The van der Waals surface area contributed by atoms with Crippen molar-refractivity contribution in [1.29, 1.82) is 0 Å². The van der Waals surface area contributed by atoms with Crippen LogP contribution in [-0.4, -0.2) is 22.0 Å². The predicted octanol–water partition coefficient (Wildman–Crippen LogP) is 5.37. The Balaban J connectivity index is 1.55. The summed E-state index contributed by atoms with van der Waals surface area (Å²) < 4.78 is 2.38. The number of amides is 1.